The highest BCUT2D eigenvalue weighted by molar-refractivity contribution is 5.75. The average Bonchev–Trinajstić information content (AvgIpc) is 2.92. The number of ether oxygens (including phenoxy) is 1. The highest BCUT2D eigenvalue weighted by Gasteiger charge is 2.54. The molecule has 144 valence electrons. The van der Waals surface area contributed by atoms with E-state index in [9.17, 15) is 4.79 Å². The van der Waals surface area contributed by atoms with E-state index in [0.717, 1.165) is 32.4 Å². The highest BCUT2D eigenvalue weighted by atomic mass is 16.6. The van der Waals surface area contributed by atoms with Gasteiger partial charge in [0.2, 0.25) is 0 Å². The minimum absolute atomic E-state index is 0.0391. The molecular formula is C23H35NO2. The fourth-order valence-corrected chi connectivity index (χ4v) is 6.13. The summed E-state index contributed by atoms with van der Waals surface area (Å²) in [7, 11) is 0. The van der Waals surface area contributed by atoms with Crippen LogP contribution in [0, 0.1) is 23.2 Å². The predicted molar refractivity (Wildman–Crippen MR) is 105 cm³/mol. The van der Waals surface area contributed by atoms with Crippen LogP contribution in [-0.2, 0) is 9.53 Å². The van der Waals surface area contributed by atoms with Crippen LogP contribution < -0.4 is 5.32 Å². The van der Waals surface area contributed by atoms with E-state index in [-0.39, 0.29) is 18.0 Å². The van der Waals surface area contributed by atoms with Gasteiger partial charge in [0.15, 0.2) is 0 Å². The second-order valence-electron chi connectivity index (χ2n) is 9.47. The second kappa shape index (κ2) is 7.50. The standard InChI is InChI=1S/C23H35NO2/c1-16-7-6-11-23(2)14-21-18(13-20(16)23)19(22(25)26-21)15-24-12-10-17-8-4-3-5-9-17/h8,18-21,24H,1,3-7,9-15H2,2H3/t18-,19-,20-,21-,23-/m1/s1. The number of allylic oxidation sites excluding steroid dienone is 2. The fourth-order valence-electron chi connectivity index (χ4n) is 6.13. The third kappa shape index (κ3) is 3.52. The maximum atomic E-state index is 12.5. The van der Waals surface area contributed by atoms with Crippen molar-refractivity contribution in [2.75, 3.05) is 13.1 Å². The first kappa shape index (κ1) is 18.3. The maximum absolute atomic E-state index is 12.5. The molecule has 0 aromatic rings. The normalized spacial score (nSPS) is 39.8. The topological polar surface area (TPSA) is 38.3 Å². The quantitative estimate of drug-likeness (QED) is 0.437. The SMILES string of the molecule is C=C1CCC[C@]2(C)C[C@H]3OC(=O)[C@H](CNCCC4=CCCCC4)[C@H]3C[C@H]12. The van der Waals surface area contributed by atoms with Crippen LogP contribution in [-0.4, -0.2) is 25.2 Å². The lowest BCUT2D eigenvalue weighted by atomic mass is 9.55. The Kier molecular flexibility index (Phi) is 5.27. The molecule has 0 radical (unpaired) electrons. The van der Waals surface area contributed by atoms with Crippen molar-refractivity contribution in [3.63, 3.8) is 0 Å². The van der Waals surface area contributed by atoms with Crippen LogP contribution in [0.3, 0.4) is 0 Å². The van der Waals surface area contributed by atoms with Gasteiger partial charge >= 0.3 is 5.97 Å². The Morgan fingerprint density at radius 1 is 1.31 bits per heavy atom. The lowest BCUT2D eigenvalue weighted by molar-refractivity contribution is -0.146. The zero-order valence-electron chi connectivity index (χ0n) is 16.4. The summed E-state index contributed by atoms with van der Waals surface area (Å²) in [4.78, 5) is 12.5. The van der Waals surface area contributed by atoms with Crippen LogP contribution in [0.15, 0.2) is 23.8 Å². The van der Waals surface area contributed by atoms with E-state index in [4.69, 9.17) is 4.74 Å². The third-order valence-corrected chi connectivity index (χ3v) is 7.69. The Morgan fingerprint density at radius 2 is 2.19 bits per heavy atom. The summed E-state index contributed by atoms with van der Waals surface area (Å²) in [6.07, 6.45) is 14.7. The molecular weight excluding hydrogens is 322 g/mol. The van der Waals surface area contributed by atoms with Crippen molar-refractivity contribution in [3.8, 4) is 0 Å². The molecule has 26 heavy (non-hydrogen) atoms. The van der Waals surface area contributed by atoms with Crippen molar-refractivity contribution < 1.29 is 9.53 Å². The first-order chi connectivity index (χ1) is 12.6. The van der Waals surface area contributed by atoms with E-state index >= 15 is 0 Å². The third-order valence-electron chi connectivity index (χ3n) is 7.69. The van der Waals surface area contributed by atoms with Gasteiger partial charge in [0.1, 0.15) is 6.10 Å². The minimum atomic E-state index is 0.0391. The summed E-state index contributed by atoms with van der Waals surface area (Å²) in [5, 5.41) is 3.57. The summed E-state index contributed by atoms with van der Waals surface area (Å²) in [5.41, 5.74) is 3.32. The summed E-state index contributed by atoms with van der Waals surface area (Å²) in [6, 6.07) is 0. The maximum Gasteiger partial charge on any atom is 0.310 e. The highest BCUT2D eigenvalue weighted by Crippen LogP contribution is 2.56. The Hall–Kier alpha value is -1.09. The molecule has 1 saturated heterocycles. The van der Waals surface area contributed by atoms with Crippen LogP contribution >= 0.6 is 0 Å². The summed E-state index contributed by atoms with van der Waals surface area (Å²) in [5.74, 6) is 1.05. The van der Waals surface area contributed by atoms with Gasteiger partial charge in [0.05, 0.1) is 5.92 Å². The molecule has 3 aliphatic carbocycles. The summed E-state index contributed by atoms with van der Waals surface area (Å²) in [6.45, 7) is 8.55. The monoisotopic (exact) mass is 357 g/mol. The Bertz CT molecular complexity index is 595. The zero-order valence-corrected chi connectivity index (χ0v) is 16.4. The first-order valence-corrected chi connectivity index (χ1v) is 10.8. The average molecular weight is 358 g/mol. The largest absolute Gasteiger partial charge is 0.462 e. The van der Waals surface area contributed by atoms with E-state index < -0.39 is 0 Å². The number of carbonyl (C=O) groups excluding carboxylic acids is 1. The fraction of sp³-hybridized carbons (Fsp3) is 0.783. The summed E-state index contributed by atoms with van der Waals surface area (Å²) >= 11 is 0. The molecule has 0 bridgehead atoms. The van der Waals surface area contributed by atoms with E-state index in [1.165, 1.54) is 50.5 Å². The molecule has 0 spiro atoms. The number of hydrogen-bond donors (Lipinski definition) is 1. The molecule has 5 atom stereocenters. The van der Waals surface area contributed by atoms with Gasteiger partial charge in [-0.3, -0.25) is 4.79 Å². The van der Waals surface area contributed by atoms with E-state index in [2.05, 4.69) is 24.9 Å². The Morgan fingerprint density at radius 3 is 3.00 bits per heavy atom. The molecule has 4 rings (SSSR count). The molecule has 0 aromatic carbocycles. The van der Waals surface area contributed by atoms with Crippen molar-refractivity contribution in [3.05, 3.63) is 23.8 Å². The van der Waals surface area contributed by atoms with Gasteiger partial charge in [0, 0.05) is 12.5 Å². The lowest BCUT2D eigenvalue weighted by Crippen LogP contribution is -2.45. The smallest absolute Gasteiger partial charge is 0.310 e. The Balaban J connectivity index is 1.33. The van der Waals surface area contributed by atoms with Gasteiger partial charge in [-0.15, -0.1) is 0 Å². The number of carbonyl (C=O) groups is 1. The number of hydrogen-bond acceptors (Lipinski definition) is 3. The van der Waals surface area contributed by atoms with Gasteiger partial charge in [-0.05, 0) is 82.1 Å². The second-order valence-corrected chi connectivity index (χ2v) is 9.47. The van der Waals surface area contributed by atoms with Crippen LogP contribution in [0.1, 0.15) is 71.1 Å². The first-order valence-electron chi connectivity index (χ1n) is 10.8. The van der Waals surface area contributed by atoms with E-state index in [1.807, 2.05) is 0 Å². The molecule has 1 N–H and O–H groups in total. The van der Waals surface area contributed by atoms with Gasteiger partial charge in [0.25, 0.3) is 0 Å². The summed E-state index contributed by atoms with van der Waals surface area (Å²) < 4.78 is 5.85. The lowest BCUT2D eigenvalue weighted by Gasteiger charge is -2.50. The van der Waals surface area contributed by atoms with Crippen molar-refractivity contribution in [1.82, 2.24) is 5.32 Å². The molecule has 3 nitrogen and oxygen atoms in total. The predicted octanol–water partition coefficient (Wildman–Crippen LogP) is 4.78. The van der Waals surface area contributed by atoms with E-state index in [1.54, 1.807) is 5.57 Å². The number of nitrogens with one attached hydrogen (secondary N) is 1. The molecule has 2 saturated carbocycles. The van der Waals surface area contributed by atoms with Crippen molar-refractivity contribution in [2.24, 2.45) is 23.2 Å². The van der Waals surface area contributed by atoms with Crippen LogP contribution in [0.25, 0.3) is 0 Å². The van der Waals surface area contributed by atoms with Gasteiger partial charge in [-0.2, -0.15) is 0 Å². The minimum Gasteiger partial charge on any atom is -0.462 e. The van der Waals surface area contributed by atoms with Gasteiger partial charge < -0.3 is 10.1 Å². The molecule has 1 aliphatic heterocycles. The van der Waals surface area contributed by atoms with Crippen LogP contribution in [0.4, 0.5) is 0 Å². The molecule has 0 amide bonds. The molecule has 3 heteroatoms. The van der Waals surface area contributed by atoms with Crippen molar-refractivity contribution >= 4 is 5.97 Å². The van der Waals surface area contributed by atoms with Crippen LogP contribution in [0.2, 0.25) is 0 Å². The Labute approximate surface area is 158 Å². The molecule has 1 heterocycles. The zero-order chi connectivity index (χ0) is 18.1. The molecule has 3 fully saturated rings. The van der Waals surface area contributed by atoms with Gasteiger partial charge in [-0.25, -0.2) is 0 Å². The van der Waals surface area contributed by atoms with Crippen LogP contribution in [0.5, 0.6) is 0 Å². The number of esters is 1. The van der Waals surface area contributed by atoms with Gasteiger partial charge in [-0.1, -0.05) is 30.7 Å². The number of rotatable bonds is 5. The number of fused-ring (bicyclic) bond motifs is 2. The molecule has 0 aromatic heterocycles. The van der Waals surface area contributed by atoms with Crippen molar-refractivity contribution in [1.29, 1.82) is 0 Å². The van der Waals surface area contributed by atoms with E-state index in [0.29, 0.717) is 17.3 Å². The molecule has 0 unspecified atom stereocenters. The van der Waals surface area contributed by atoms with Crippen molar-refractivity contribution in [2.45, 2.75) is 77.2 Å². The molecule has 4 aliphatic rings.